The SMILES string of the molecule is C=[N+]([O-])/C(=C\C=C/C)C1(O)CC(C)(C)COc2c(Cl)cc(Cl)cc21. The molecule has 130 valence electrons. The van der Waals surface area contributed by atoms with Gasteiger partial charge in [-0.15, -0.1) is 0 Å². The summed E-state index contributed by atoms with van der Waals surface area (Å²) in [5, 5.41) is 24.3. The van der Waals surface area contributed by atoms with Crippen LogP contribution < -0.4 is 4.74 Å². The fourth-order valence-electron chi connectivity index (χ4n) is 2.96. The second kappa shape index (κ2) is 6.79. The third-order valence-corrected chi connectivity index (χ3v) is 4.43. The van der Waals surface area contributed by atoms with Crippen molar-refractivity contribution in [2.24, 2.45) is 5.41 Å². The Morgan fingerprint density at radius 2 is 2.08 bits per heavy atom. The third kappa shape index (κ3) is 3.61. The minimum atomic E-state index is -1.63. The number of nitrogens with zero attached hydrogens (tertiary/aromatic N) is 1. The van der Waals surface area contributed by atoms with Crippen molar-refractivity contribution in [2.75, 3.05) is 6.61 Å². The van der Waals surface area contributed by atoms with E-state index in [4.69, 9.17) is 27.9 Å². The van der Waals surface area contributed by atoms with Crippen LogP contribution in [0.3, 0.4) is 0 Å². The first-order chi connectivity index (χ1) is 11.1. The van der Waals surface area contributed by atoms with E-state index in [1.165, 1.54) is 0 Å². The van der Waals surface area contributed by atoms with Crippen molar-refractivity contribution in [3.63, 3.8) is 0 Å². The number of hydrogen-bond donors (Lipinski definition) is 1. The predicted octanol–water partition coefficient (Wildman–Crippen LogP) is 4.66. The first kappa shape index (κ1) is 18.8. The van der Waals surface area contributed by atoms with Crippen LogP contribution in [0.15, 0.2) is 36.1 Å². The fraction of sp³-hybridized carbons (Fsp3) is 0.389. The molecule has 1 aromatic rings. The average molecular weight is 370 g/mol. The highest BCUT2D eigenvalue weighted by atomic mass is 35.5. The normalized spacial score (nSPS) is 23.5. The summed E-state index contributed by atoms with van der Waals surface area (Å²) in [4.78, 5) is 0. The van der Waals surface area contributed by atoms with E-state index in [0.29, 0.717) is 32.7 Å². The number of fused-ring (bicyclic) bond motifs is 1. The van der Waals surface area contributed by atoms with E-state index < -0.39 is 11.0 Å². The van der Waals surface area contributed by atoms with Crippen molar-refractivity contribution < 1.29 is 14.6 Å². The zero-order valence-electron chi connectivity index (χ0n) is 14.0. The lowest BCUT2D eigenvalue weighted by atomic mass is 9.76. The Morgan fingerprint density at radius 1 is 1.42 bits per heavy atom. The molecule has 0 saturated carbocycles. The van der Waals surface area contributed by atoms with Gasteiger partial charge in [0.15, 0.2) is 5.60 Å². The third-order valence-electron chi connectivity index (χ3n) is 3.93. The van der Waals surface area contributed by atoms with Gasteiger partial charge in [0.25, 0.3) is 0 Å². The molecule has 0 aliphatic carbocycles. The minimum Gasteiger partial charge on any atom is -0.619 e. The van der Waals surface area contributed by atoms with Crippen LogP contribution in [0, 0.1) is 10.6 Å². The highest BCUT2D eigenvalue weighted by Crippen LogP contribution is 2.49. The Labute approximate surface area is 152 Å². The zero-order chi connectivity index (χ0) is 18.1. The quantitative estimate of drug-likeness (QED) is 0.277. The van der Waals surface area contributed by atoms with Crippen molar-refractivity contribution in [2.45, 2.75) is 32.8 Å². The molecule has 0 amide bonds. The molecule has 0 bridgehead atoms. The zero-order valence-corrected chi connectivity index (χ0v) is 15.5. The van der Waals surface area contributed by atoms with Crippen LogP contribution in [0.5, 0.6) is 5.75 Å². The molecule has 1 unspecified atom stereocenters. The molecule has 1 aliphatic heterocycles. The average Bonchev–Trinajstić information content (AvgIpc) is 2.54. The van der Waals surface area contributed by atoms with E-state index in [-0.39, 0.29) is 12.1 Å². The standard InChI is InChI=1S/C18H21Cl2NO3/c1-5-6-7-15(21(4)23)18(22)10-17(2,3)11-24-16-13(18)8-12(19)9-14(16)20/h5-9,22H,4,10-11H2,1-3H3/b6-5-,15-7-. The number of benzene rings is 1. The summed E-state index contributed by atoms with van der Waals surface area (Å²) in [5.41, 5.74) is -1.58. The van der Waals surface area contributed by atoms with Gasteiger partial charge in [0, 0.05) is 22.1 Å². The summed E-state index contributed by atoms with van der Waals surface area (Å²) >= 11 is 12.4. The van der Waals surface area contributed by atoms with Gasteiger partial charge in [-0.3, -0.25) is 0 Å². The Balaban J connectivity index is 2.80. The molecule has 4 nitrogen and oxygen atoms in total. The van der Waals surface area contributed by atoms with Gasteiger partial charge in [-0.05, 0) is 25.5 Å². The van der Waals surface area contributed by atoms with Gasteiger partial charge in [0.2, 0.25) is 5.70 Å². The fourth-order valence-corrected chi connectivity index (χ4v) is 3.51. The van der Waals surface area contributed by atoms with Crippen LogP contribution in [0.2, 0.25) is 10.0 Å². The number of hydroxylamine groups is 1. The second-order valence-corrected chi connectivity index (χ2v) is 7.55. The maximum atomic E-state index is 12.1. The molecular formula is C18H21Cl2NO3. The molecule has 2 rings (SSSR count). The maximum Gasteiger partial charge on any atom is 0.228 e. The summed E-state index contributed by atoms with van der Waals surface area (Å²) in [6, 6.07) is 3.13. The first-order valence-corrected chi connectivity index (χ1v) is 8.32. The van der Waals surface area contributed by atoms with Crippen LogP contribution in [0.1, 0.15) is 32.8 Å². The van der Waals surface area contributed by atoms with Gasteiger partial charge in [-0.2, -0.15) is 4.74 Å². The number of rotatable bonds is 3. The summed E-state index contributed by atoms with van der Waals surface area (Å²) < 4.78 is 6.26. The Hall–Kier alpha value is -1.49. The molecule has 1 heterocycles. The lowest BCUT2D eigenvalue weighted by Crippen LogP contribution is -2.37. The van der Waals surface area contributed by atoms with Crippen molar-refractivity contribution >= 4 is 29.9 Å². The van der Waals surface area contributed by atoms with E-state index in [9.17, 15) is 10.3 Å². The van der Waals surface area contributed by atoms with Crippen molar-refractivity contribution in [3.05, 3.63) is 56.9 Å². The number of ether oxygens (including phenoxy) is 1. The summed E-state index contributed by atoms with van der Waals surface area (Å²) in [6.07, 6.45) is 5.23. The van der Waals surface area contributed by atoms with Gasteiger partial charge < -0.3 is 15.1 Å². The molecule has 0 spiro atoms. The van der Waals surface area contributed by atoms with Crippen LogP contribution in [0.25, 0.3) is 0 Å². The van der Waals surface area contributed by atoms with Gasteiger partial charge in [0.1, 0.15) is 12.5 Å². The van der Waals surface area contributed by atoms with Gasteiger partial charge in [0.05, 0.1) is 11.6 Å². The van der Waals surface area contributed by atoms with Gasteiger partial charge in [-0.25, -0.2) is 0 Å². The van der Waals surface area contributed by atoms with Crippen LogP contribution >= 0.6 is 23.2 Å². The minimum absolute atomic E-state index is 0.0961. The Morgan fingerprint density at radius 3 is 2.67 bits per heavy atom. The molecule has 1 aliphatic rings. The van der Waals surface area contributed by atoms with E-state index in [1.807, 2.05) is 20.8 Å². The van der Waals surface area contributed by atoms with E-state index in [2.05, 4.69) is 6.72 Å². The van der Waals surface area contributed by atoms with Crippen LogP contribution in [-0.4, -0.2) is 23.2 Å². The van der Waals surface area contributed by atoms with E-state index in [1.54, 1.807) is 30.4 Å². The highest BCUT2D eigenvalue weighted by molar-refractivity contribution is 6.35. The largest absolute Gasteiger partial charge is 0.619 e. The lowest BCUT2D eigenvalue weighted by molar-refractivity contribution is -0.416. The lowest BCUT2D eigenvalue weighted by Gasteiger charge is -2.32. The van der Waals surface area contributed by atoms with Gasteiger partial charge >= 0.3 is 0 Å². The molecule has 1 aromatic carbocycles. The van der Waals surface area contributed by atoms with Crippen molar-refractivity contribution in [1.82, 2.24) is 0 Å². The van der Waals surface area contributed by atoms with E-state index >= 15 is 0 Å². The molecule has 6 heteroatoms. The topological polar surface area (TPSA) is 55.5 Å². The number of hydrogen-bond acceptors (Lipinski definition) is 3. The predicted molar refractivity (Wildman–Crippen MR) is 97.9 cm³/mol. The second-order valence-electron chi connectivity index (χ2n) is 6.71. The van der Waals surface area contributed by atoms with E-state index in [0.717, 1.165) is 0 Å². The van der Waals surface area contributed by atoms with Crippen LogP contribution in [-0.2, 0) is 5.60 Å². The molecular weight excluding hydrogens is 349 g/mol. The molecule has 0 aromatic heterocycles. The summed E-state index contributed by atoms with van der Waals surface area (Å²) in [5.74, 6) is 0.336. The smallest absolute Gasteiger partial charge is 0.228 e. The van der Waals surface area contributed by atoms with Crippen molar-refractivity contribution in [3.8, 4) is 5.75 Å². The first-order valence-electron chi connectivity index (χ1n) is 7.56. The maximum absolute atomic E-state index is 12.1. The number of allylic oxidation sites excluding steroid dienone is 3. The molecule has 1 N–H and O–H groups in total. The number of halogens is 2. The van der Waals surface area contributed by atoms with Crippen LogP contribution in [0.4, 0.5) is 0 Å². The molecule has 0 radical (unpaired) electrons. The van der Waals surface area contributed by atoms with Gasteiger partial charge in [-0.1, -0.05) is 49.2 Å². The Bertz CT molecular complexity index is 725. The summed E-state index contributed by atoms with van der Waals surface area (Å²) in [6.45, 7) is 9.48. The summed E-state index contributed by atoms with van der Waals surface area (Å²) in [7, 11) is 0. The molecule has 1 atom stereocenters. The molecule has 0 fully saturated rings. The monoisotopic (exact) mass is 369 g/mol. The Kier molecular flexibility index (Phi) is 5.33. The molecule has 0 saturated heterocycles. The highest BCUT2D eigenvalue weighted by Gasteiger charge is 2.48. The van der Waals surface area contributed by atoms with Crippen molar-refractivity contribution in [1.29, 1.82) is 0 Å². The molecule has 24 heavy (non-hydrogen) atoms. The number of aliphatic hydroxyl groups is 1.